The maximum atomic E-state index is 12.1. The van der Waals surface area contributed by atoms with Crippen molar-refractivity contribution in [2.24, 2.45) is 5.10 Å². The predicted molar refractivity (Wildman–Crippen MR) is 107 cm³/mol. The molecule has 4 rings (SSSR count). The third-order valence-electron chi connectivity index (χ3n) is 4.43. The predicted octanol–water partition coefficient (Wildman–Crippen LogP) is 3.43. The van der Waals surface area contributed by atoms with Crippen LogP contribution in [0.3, 0.4) is 0 Å². The van der Waals surface area contributed by atoms with Crippen LogP contribution in [0.1, 0.15) is 17.7 Å². The fourth-order valence-corrected chi connectivity index (χ4v) is 3.11. The Balaban J connectivity index is 1.36. The molecule has 0 aliphatic heterocycles. The second-order valence-electron chi connectivity index (χ2n) is 6.34. The lowest BCUT2D eigenvalue weighted by Crippen LogP contribution is -2.19. The van der Waals surface area contributed by atoms with Crippen LogP contribution in [-0.4, -0.2) is 26.7 Å². The zero-order chi connectivity index (χ0) is 18.6. The Morgan fingerprint density at radius 1 is 1.15 bits per heavy atom. The summed E-state index contributed by atoms with van der Waals surface area (Å²) in [6.07, 6.45) is 5.70. The van der Waals surface area contributed by atoms with Gasteiger partial charge in [-0.2, -0.15) is 5.10 Å². The van der Waals surface area contributed by atoms with E-state index in [2.05, 4.69) is 50.3 Å². The molecule has 0 spiro atoms. The number of fused-ring (bicyclic) bond motifs is 2. The summed E-state index contributed by atoms with van der Waals surface area (Å²) in [5.74, 6) is -0.135. The summed E-state index contributed by atoms with van der Waals surface area (Å²) in [5.41, 5.74) is 7.20. The Labute approximate surface area is 156 Å². The summed E-state index contributed by atoms with van der Waals surface area (Å²) < 4.78 is 2.10. The van der Waals surface area contributed by atoms with Crippen LogP contribution in [0.15, 0.2) is 66.0 Å². The van der Waals surface area contributed by atoms with E-state index in [0.717, 1.165) is 16.6 Å². The first-order chi connectivity index (χ1) is 13.2. The molecule has 6 heteroatoms. The molecule has 27 heavy (non-hydrogen) atoms. The highest BCUT2D eigenvalue weighted by atomic mass is 16.2. The molecule has 3 heterocycles. The maximum absolute atomic E-state index is 12.1. The quantitative estimate of drug-likeness (QED) is 0.439. The molecule has 1 amide bonds. The lowest BCUT2D eigenvalue weighted by molar-refractivity contribution is -0.121. The standard InChI is InChI=1S/C21H19N5O/c1-15-14-26(20-7-3-2-5-17(15)20)12-10-21(27)25-23-13-16-8-9-18-19(24-16)6-4-11-22-18/h2-9,11,13-14H,10,12H2,1H3,(H,25,27). The number of nitrogens with zero attached hydrogens (tertiary/aromatic N) is 4. The summed E-state index contributed by atoms with van der Waals surface area (Å²) >= 11 is 0. The van der Waals surface area contributed by atoms with Crippen LogP contribution >= 0.6 is 0 Å². The molecule has 6 nitrogen and oxygen atoms in total. The number of benzene rings is 1. The van der Waals surface area contributed by atoms with Crippen LogP contribution < -0.4 is 5.43 Å². The molecule has 1 aromatic carbocycles. The molecule has 0 saturated carbocycles. The fourth-order valence-electron chi connectivity index (χ4n) is 3.11. The number of para-hydroxylation sites is 1. The van der Waals surface area contributed by atoms with Gasteiger partial charge in [0.1, 0.15) is 0 Å². The fraction of sp³-hybridized carbons (Fsp3) is 0.143. The molecule has 3 aromatic heterocycles. The Bertz CT molecular complexity index is 1150. The molecule has 0 bridgehead atoms. The van der Waals surface area contributed by atoms with Crippen molar-refractivity contribution in [3.8, 4) is 0 Å². The minimum atomic E-state index is -0.135. The third-order valence-corrected chi connectivity index (χ3v) is 4.43. The molecule has 134 valence electrons. The van der Waals surface area contributed by atoms with Crippen LogP contribution in [0.2, 0.25) is 0 Å². The molecule has 4 aromatic rings. The van der Waals surface area contributed by atoms with Crippen molar-refractivity contribution in [3.05, 3.63) is 72.2 Å². The minimum Gasteiger partial charge on any atom is -0.347 e. The van der Waals surface area contributed by atoms with E-state index in [9.17, 15) is 4.79 Å². The molecule has 0 unspecified atom stereocenters. The summed E-state index contributed by atoms with van der Waals surface area (Å²) in [5, 5.41) is 5.23. The van der Waals surface area contributed by atoms with Crippen molar-refractivity contribution in [1.29, 1.82) is 0 Å². The van der Waals surface area contributed by atoms with E-state index in [0.29, 0.717) is 18.7 Å². The van der Waals surface area contributed by atoms with Crippen LogP contribution in [0.5, 0.6) is 0 Å². The van der Waals surface area contributed by atoms with Crippen molar-refractivity contribution in [3.63, 3.8) is 0 Å². The van der Waals surface area contributed by atoms with E-state index in [1.165, 1.54) is 10.9 Å². The SMILES string of the molecule is Cc1cn(CCC(=O)NN=Cc2ccc3ncccc3n2)c2ccccc12. The zero-order valence-electron chi connectivity index (χ0n) is 15.0. The van der Waals surface area contributed by atoms with Crippen molar-refractivity contribution in [1.82, 2.24) is 20.0 Å². The number of hydrogen-bond acceptors (Lipinski definition) is 4. The van der Waals surface area contributed by atoms with Crippen molar-refractivity contribution < 1.29 is 4.79 Å². The van der Waals surface area contributed by atoms with E-state index in [1.807, 2.05) is 36.4 Å². The van der Waals surface area contributed by atoms with Gasteiger partial charge in [0, 0.05) is 36.3 Å². The van der Waals surface area contributed by atoms with E-state index >= 15 is 0 Å². The van der Waals surface area contributed by atoms with Gasteiger partial charge in [0.05, 0.1) is 22.9 Å². The van der Waals surface area contributed by atoms with E-state index in [-0.39, 0.29) is 5.91 Å². The molecular formula is C21H19N5O. The first kappa shape index (κ1) is 16.9. The summed E-state index contributed by atoms with van der Waals surface area (Å²) in [6, 6.07) is 15.6. The summed E-state index contributed by atoms with van der Waals surface area (Å²) in [7, 11) is 0. The van der Waals surface area contributed by atoms with Gasteiger partial charge in [0.25, 0.3) is 0 Å². The number of rotatable bonds is 5. The van der Waals surface area contributed by atoms with Gasteiger partial charge in [0.15, 0.2) is 0 Å². The van der Waals surface area contributed by atoms with Gasteiger partial charge in [-0.3, -0.25) is 9.78 Å². The van der Waals surface area contributed by atoms with Gasteiger partial charge in [-0.1, -0.05) is 18.2 Å². The van der Waals surface area contributed by atoms with Gasteiger partial charge in [-0.15, -0.1) is 0 Å². The monoisotopic (exact) mass is 357 g/mol. The van der Waals surface area contributed by atoms with Crippen LogP contribution in [0.4, 0.5) is 0 Å². The second kappa shape index (κ2) is 7.37. The average molecular weight is 357 g/mol. The minimum absolute atomic E-state index is 0.135. The van der Waals surface area contributed by atoms with Gasteiger partial charge in [-0.05, 0) is 42.8 Å². The highest BCUT2D eigenvalue weighted by molar-refractivity contribution is 5.85. The number of pyridine rings is 2. The number of aryl methyl sites for hydroxylation is 2. The normalized spacial score (nSPS) is 11.4. The highest BCUT2D eigenvalue weighted by Crippen LogP contribution is 2.20. The number of amides is 1. The van der Waals surface area contributed by atoms with Gasteiger partial charge in [0.2, 0.25) is 5.91 Å². The Morgan fingerprint density at radius 3 is 2.96 bits per heavy atom. The molecule has 0 atom stereocenters. The Hall–Kier alpha value is -3.54. The van der Waals surface area contributed by atoms with Crippen molar-refractivity contribution >= 4 is 34.1 Å². The van der Waals surface area contributed by atoms with Gasteiger partial charge < -0.3 is 4.57 Å². The molecule has 0 radical (unpaired) electrons. The largest absolute Gasteiger partial charge is 0.347 e. The van der Waals surface area contributed by atoms with Crippen molar-refractivity contribution in [2.45, 2.75) is 19.9 Å². The number of carbonyl (C=O) groups excluding carboxylic acids is 1. The number of aromatic nitrogens is 3. The first-order valence-electron chi connectivity index (χ1n) is 8.79. The average Bonchev–Trinajstić information content (AvgIpc) is 3.02. The smallest absolute Gasteiger partial charge is 0.241 e. The van der Waals surface area contributed by atoms with Gasteiger partial charge in [-0.25, -0.2) is 10.4 Å². The summed E-state index contributed by atoms with van der Waals surface area (Å²) in [4.78, 5) is 20.8. The third kappa shape index (κ3) is 3.69. The molecule has 1 N–H and O–H groups in total. The van der Waals surface area contributed by atoms with Crippen LogP contribution in [0.25, 0.3) is 21.9 Å². The molecule has 0 saturated heterocycles. The van der Waals surface area contributed by atoms with Crippen LogP contribution in [-0.2, 0) is 11.3 Å². The van der Waals surface area contributed by atoms with E-state index in [1.54, 1.807) is 12.4 Å². The topological polar surface area (TPSA) is 72.2 Å². The van der Waals surface area contributed by atoms with E-state index in [4.69, 9.17) is 0 Å². The van der Waals surface area contributed by atoms with Crippen molar-refractivity contribution in [2.75, 3.05) is 0 Å². The molecular weight excluding hydrogens is 338 g/mol. The number of hydrazone groups is 1. The Kier molecular flexibility index (Phi) is 4.61. The number of nitrogens with one attached hydrogen (secondary N) is 1. The number of carbonyl (C=O) groups is 1. The second-order valence-corrected chi connectivity index (χ2v) is 6.34. The molecule has 0 aliphatic carbocycles. The molecule has 0 fully saturated rings. The van der Waals surface area contributed by atoms with E-state index < -0.39 is 0 Å². The first-order valence-corrected chi connectivity index (χ1v) is 8.79. The Morgan fingerprint density at radius 2 is 2.04 bits per heavy atom. The lowest BCUT2D eigenvalue weighted by Gasteiger charge is -2.04. The lowest BCUT2D eigenvalue weighted by atomic mass is 10.2. The van der Waals surface area contributed by atoms with Gasteiger partial charge >= 0.3 is 0 Å². The van der Waals surface area contributed by atoms with Crippen LogP contribution in [0, 0.1) is 6.92 Å². The molecule has 0 aliphatic rings. The maximum Gasteiger partial charge on any atom is 0.241 e. The highest BCUT2D eigenvalue weighted by Gasteiger charge is 2.06. The number of hydrogen-bond donors (Lipinski definition) is 1. The summed E-state index contributed by atoms with van der Waals surface area (Å²) in [6.45, 7) is 2.69. The zero-order valence-corrected chi connectivity index (χ0v) is 15.0.